The fraction of sp³-hybridized carbons (Fsp3) is 0.600. The third-order valence-corrected chi connectivity index (χ3v) is 2.95. The van der Waals surface area contributed by atoms with E-state index in [9.17, 15) is 18.7 Å². The number of aliphatic hydroxyl groups excluding tert-OH is 2. The molecule has 0 aromatic carbocycles. The molecule has 0 bridgehead atoms. The molecule has 4 unspecified atom stereocenters. The minimum absolute atomic E-state index is 0.0724. The van der Waals surface area contributed by atoms with E-state index in [1.54, 1.807) is 0 Å². The van der Waals surface area contributed by atoms with Crippen molar-refractivity contribution in [1.29, 1.82) is 0 Å². The Hall–Kier alpha value is -1.38. The zero-order valence-electron chi connectivity index (χ0n) is 9.16. The predicted octanol–water partition coefficient (Wildman–Crippen LogP) is -1.19. The molecule has 2 heterocycles. The van der Waals surface area contributed by atoms with Gasteiger partial charge in [0, 0.05) is 0 Å². The van der Waals surface area contributed by atoms with E-state index in [1.165, 1.54) is 6.08 Å². The highest BCUT2D eigenvalue weighted by molar-refractivity contribution is 6.04. The first-order chi connectivity index (χ1) is 8.37. The Morgan fingerprint density at radius 2 is 2.22 bits per heavy atom. The van der Waals surface area contributed by atoms with Gasteiger partial charge in [-0.1, -0.05) is 6.08 Å². The smallest absolute Gasteiger partial charge is 0.302 e. The summed E-state index contributed by atoms with van der Waals surface area (Å²) in [6.45, 7) is -0.761. The molecule has 0 aliphatic carbocycles. The van der Waals surface area contributed by atoms with Crippen molar-refractivity contribution in [1.82, 2.24) is 0 Å². The number of amidine groups is 1. The zero-order chi connectivity index (χ0) is 13.5. The Balaban J connectivity index is 2.25. The molecule has 0 spiro atoms. The summed E-state index contributed by atoms with van der Waals surface area (Å²) in [5.41, 5.74) is 5.26. The molecule has 2 aliphatic heterocycles. The van der Waals surface area contributed by atoms with Crippen molar-refractivity contribution in [3.63, 3.8) is 0 Å². The molecule has 2 aliphatic rings. The largest absolute Gasteiger partial charge is 0.394 e. The summed E-state index contributed by atoms with van der Waals surface area (Å²) < 4.78 is 32.3. The van der Waals surface area contributed by atoms with E-state index >= 15 is 0 Å². The number of alkyl halides is 2. The van der Waals surface area contributed by atoms with Gasteiger partial charge in [-0.2, -0.15) is 4.99 Å². The van der Waals surface area contributed by atoms with Gasteiger partial charge >= 0.3 is 5.92 Å². The highest BCUT2D eigenvalue weighted by Gasteiger charge is 2.61. The van der Waals surface area contributed by atoms with Crippen LogP contribution in [0.2, 0.25) is 0 Å². The highest BCUT2D eigenvalue weighted by atomic mass is 19.3. The minimum atomic E-state index is -3.64. The fourth-order valence-corrected chi connectivity index (χ4v) is 1.99. The second kappa shape index (κ2) is 4.38. The maximum Gasteiger partial charge on any atom is 0.302 e. The van der Waals surface area contributed by atoms with Crippen LogP contribution in [0.5, 0.6) is 0 Å². The molecule has 8 heteroatoms. The molecule has 18 heavy (non-hydrogen) atoms. The summed E-state index contributed by atoms with van der Waals surface area (Å²) >= 11 is 0. The predicted molar refractivity (Wildman–Crippen MR) is 56.0 cm³/mol. The van der Waals surface area contributed by atoms with Crippen LogP contribution >= 0.6 is 0 Å². The minimum Gasteiger partial charge on any atom is -0.394 e. The van der Waals surface area contributed by atoms with Crippen LogP contribution in [0.25, 0.3) is 0 Å². The molecule has 4 N–H and O–H groups in total. The molecular formula is C10H12F2N2O4. The first kappa shape index (κ1) is 13.1. The van der Waals surface area contributed by atoms with Crippen molar-refractivity contribution in [3.8, 4) is 0 Å². The molecule has 0 aromatic rings. The van der Waals surface area contributed by atoms with Gasteiger partial charge in [-0.15, -0.1) is 0 Å². The van der Waals surface area contributed by atoms with E-state index in [0.29, 0.717) is 0 Å². The zero-order valence-corrected chi connectivity index (χ0v) is 9.16. The maximum atomic E-state index is 13.7. The van der Waals surface area contributed by atoms with Gasteiger partial charge in [-0.3, -0.25) is 4.79 Å². The van der Waals surface area contributed by atoms with Crippen LogP contribution in [0.15, 0.2) is 17.1 Å². The van der Waals surface area contributed by atoms with Crippen molar-refractivity contribution in [2.75, 3.05) is 6.61 Å². The lowest BCUT2D eigenvalue weighted by Crippen LogP contribution is -2.45. The molecule has 4 atom stereocenters. The molecule has 1 saturated heterocycles. The summed E-state index contributed by atoms with van der Waals surface area (Å²) in [4.78, 5) is 14.9. The van der Waals surface area contributed by atoms with Crippen LogP contribution in [0.1, 0.15) is 0 Å². The Morgan fingerprint density at radius 3 is 2.72 bits per heavy atom. The molecular weight excluding hydrogens is 250 g/mol. The van der Waals surface area contributed by atoms with Gasteiger partial charge in [-0.05, 0) is 6.08 Å². The maximum absolute atomic E-state index is 13.7. The quantitative estimate of drug-likeness (QED) is 0.580. The summed E-state index contributed by atoms with van der Waals surface area (Å²) in [5, 5.41) is 18.1. The Kier molecular flexibility index (Phi) is 3.18. The van der Waals surface area contributed by atoms with Crippen LogP contribution in [0.4, 0.5) is 8.78 Å². The van der Waals surface area contributed by atoms with E-state index < -0.39 is 42.7 Å². The van der Waals surface area contributed by atoms with E-state index in [2.05, 4.69) is 4.99 Å². The molecule has 1 amide bonds. The van der Waals surface area contributed by atoms with Crippen LogP contribution < -0.4 is 5.73 Å². The average molecular weight is 262 g/mol. The normalized spacial score (nSPS) is 38.9. The molecule has 1 fully saturated rings. The number of hydrogen-bond acceptors (Lipinski definition) is 5. The molecule has 100 valence electrons. The summed E-state index contributed by atoms with van der Waals surface area (Å²) in [7, 11) is 0. The topological polar surface area (TPSA) is 105 Å². The number of rotatable bonds is 2. The molecule has 0 radical (unpaired) electrons. The van der Waals surface area contributed by atoms with Gasteiger partial charge in [0.15, 0.2) is 0 Å². The number of amides is 1. The number of halogens is 2. The van der Waals surface area contributed by atoms with E-state index in [1.807, 2.05) is 0 Å². The molecule has 2 rings (SSSR count). The Bertz CT molecular complexity index is 424. The Morgan fingerprint density at radius 1 is 1.56 bits per heavy atom. The van der Waals surface area contributed by atoms with Gasteiger partial charge in [0.25, 0.3) is 5.91 Å². The van der Waals surface area contributed by atoms with Gasteiger partial charge in [0.05, 0.1) is 12.5 Å². The number of hydrogen-bond donors (Lipinski definition) is 3. The summed E-state index contributed by atoms with van der Waals surface area (Å²) in [6, 6.07) is 0. The Labute approximate surface area is 101 Å². The van der Waals surface area contributed by atoms with Crippen LogP contribution in [-0.2, 0) is 9.53 Å². The SMILES string of the molecule is NC1=NC(=O)C(C2OC(CO)C(O)C2(F)F)C=C1. The molecule has 6 nitrogen and oxygen atoms in total. The number of aliphatic imine (C=N–C) groups is 1. The van der Waals surface area contributed by atoms with E-state index in [4.69, 9.17) is 15.6 Å². The number of nitrogens with zero attached hydrogens (tertiary/aromatic N) is 1. The second-order valence-electron chi connectivity index (χ2n) is 4.16. The number of dihydropyridines is 1. The standard InChI is InChI=1S/C10H12F2N2O4/c11-10(12)7(16)5(3-15)18-8(10)4-1-2-6(13)14-9(4)17/h1-2,4-5,7-8,15-16H,3H2,(H2,13,14,17). The lowest BCUT2D eigenvalue weighted by molar-refractivity contribution is -0.142. The number of ether oxygens (including phenoxy) is 1. The van der Waals surface area contributed by atoms with Crippen molar-refractivity contribution in [2.24, 2.45) is 16.6 Å². The average Bonchev–Trinajstić information content (AvgIpc) is 2.52. The van der Waals surface area contributed by atoms with Gasteiger partial charge in [0.1, 0.15) is 24.1 Å². The van der Waals surface area contributed by atoms with E-state index in [0.717, 1.165) is 6.08 Å². The number of carbonyl (C=O) groups is 1. The summed E-state index contributed by atoms with van der Waals surface area (Å²) in [5.74, 6) is -5.89. The second-order valence-corrected chi connectivity index (χ2v) is 4.16. The first-order valence-corrected chi connectivity index (χ1v) is 5.26. The lowest BCUT2D eigenvalue weighted by atomic mass is 9.93. The molecule has 0 saturated carbocycles. The van der Waals surface area contributed by atoms with E-state index in [-0.39, 0.29) is 5.84 Å². The number of carbonyl (C=O) groups excluding carboxylic acids is 1. The lowest BCUT2D eigenvalue weighted by Gasteiger charge is -2.24. The third-order valence-electron chi connectivity index (χ3n) is 2.95. The molecule has 0 aromatic heterocycles. The fourth-order valence-electron chi connectivity index (χ4n) is 1.99. The third kappa shape index (κ3) is 1.92. The highest BCUT2D eigenvalue weighted by Crippen LogP contribution is 2.40. The number of aliphatic hydroxyl groups is 2. The van der Waals surface area contributed by atoms with Crippen LogP contribution in [0, 0.1) is 5.92 Å². The van der Waals surface area contributed by atoms with Gasteiger partial charge in [-0.25, -0.2) is 8.78 Å². The number of nitrogens with two attached hydrogens (primary N) is 1. The first-order valence-electron chi connectivity index (χ1n) is 5.26. The summed E-state index contributed by atoms with van der Waals surface area (Å²) in [6.07, 6.45) is -3.04. The monoisotopic (exact) mass is 262 g/mol. The van der Waals surface area contributed by atoms with Crippen molar-refractivity contribution in [2.45, 2.75) is 24.2 Å². The van der Waals surface area contributed by atoms with Crippen molar-refractivity contribution in [3.05, 3.63) is 12.2 Å². The van der Waals surface area contributed by atoms with Gasteiger partial charge in [0.2, 0.25) is 0 Å². The van der Waals surface area contributed by atoms with Crippen molar-refractivity contribution >= 4 is 11.7 Å². The van der Waals surface area contributed by atoms with Crippen LogP contribution in [-0.4, -0.2) is 52.8 Å². The van der Waals surface area contributed by atoms with Crippen LogP contribution in [0.3, 0.4) is 0 Å². The van der Waals surface area contributed by atoms with Gasteiger partial charge < -0.3 is 20.7 Å². The van der Waals surface area contributed by atoms with Crippen molar-refractivity contribution < 1.29 is 28.5 Å².